The number of carbonyl (C=O) groups excluding carboxylic acids is 1. The Morgan fingerprint density at radius 3 is 2.43 bits per heavy atom. The van der Waals surface area contributed by atoms with Crippen molar-refractivity contribution in [2.45, 2.75) is 33.1 Å². The minimum atomic E-state index is -0.181. The fourth-order valence-electron chi connectivity index (χ4n) is 3.29. The molecule has 0 saturated carbocycles. The number of hydrogen-bond donors (Lipinski definition) is 1. The van der Waals surface area contributed by atoms with Crippen molar-refractivity contribution in [1.29, 1.82) is 0 Å². The molecule has 0 unspecified atom stereocenters. The van der Waals surface area contributed by atoms with Crippen LogP contribution in [0.15, 0.2) is 71.3 Å². The Bertz CT molecular complexity index is 951. The second-order valence-electron chi connectivity index (χ2n) is 7.49. The summed E-state index contributed by atoms with van der Waals surface area (Å²) in [5, 5.41) is 3.09. The predicted molar refractivity (Wildman–Crippen MR) is 119 cm³/mol. The first-order chi connectivity index (χ1) is 13.4. The van der Waals surface area contributed by atoms with Gasteiger partial charge in [0.25, 0.3) is 0 Å². The number of carbonyl (C=O) groups is 1. The number of nitrogens with zero attached hydrogens (tertiary/aromatic N) is 1. The molecule has 4 heteroatoms. The zero-order valence-electron chi connectivity index (χ0n) is 16.4. The summed E-state index contributed by atoms with van der Waals surface area (Å²) >= 11 is 3.51. The summed E-state index contributed by atoms with van der Waals surface area (Å²) in [6, 6.07) is 20.0. The number of amides is 1. The van der Waals surface area contributed by atoms with Gasteiger partial charge in [0.2, 0.25) is 5.91 Å². The zero-order chi connectivity index (χ0) is 20.1. The number of benzene rings is 2. The number of pyridine rings is 1. The van der Waals surface area contributed by atoms with Crippen LogP contribution in [0.1, 0.15) is 37.4 Å². The summed E-state index contributed by atoms with van der Waals surface area (Å²) in [6.07, 6.45) is 2.62. The topological polar surface area (TPSA) is 42.0 Å². The van der Waals surface area contributed by atoms with E-state index in [1.54, 1.807) is 0 Å². The van der Waals surface area contributed by atoms with Crippen molar-refractivity contribution >= 4 is 27.5 Å². The molecule has 3 aromatic rings. The highest BCUT2D eigenvalue weighted by molar-refractivity contribution is 9.10. The molecule has 144 valence electrons. The average Bonchev–Trinajstić information content (AvgIpc) is 2.66. The fourth-order valence-corrected chi connectivity index (χ4v) is 3.71. The maximum absolute atomic E-state index is 13.0. The SMILES string of the molecule is Cc1cc(-c2ccc(NC(=O)[C@H](CC(C)C)c3cccc(Br)c3)cc2)ccn1. The van der Waals surface area contributed by atoms with E-state index in [0.29, 0.717) is 5.92 Å². The molecule has 0 aliphatic heterocycles. The summed E-state index contributed by atoms with van der Waals surface area (Å²) in [6.45, 7) is 6.27. The van der Waals surface area contributed by atoms with Gasteiger partial charge in [0.05, 0.1) is 5.92 Å². The van der Waals surface area contributed by atoms with Crippen molar-refractivity contribution in [2.75, 3.05) is 5.32 Å². The highest BCUT2D eigenvalue weighted by Crippen LogP contribution is 2.28. The van der Waals surface area contributed by atoms with Crippen LogP contribution in [0, 0.1) is 12.8 Å². The number of halogens is 1. The van der Waals surface area contributed by atoms with Crippen LogP contribution in [0.3, 0.4) is 0 Å². The number of aryl methyl sites for hydroxylation is 1. The van der Waals surface area contributed by atoms with Crippen LogP contribution in [-0.4, -0.2) is 10.9 Å². The van der Waals surface area contributed by atoms with Crippen LogP contribution in [0.5, 0.6) is 0 Å². The molecule has 1 N–H and O–H groups in total. The first-order valence-corrected chi connectivity index (χ1v) is 10.3. The van der Waals surface area contributed by atoms with E-state index in [-0.39, 0.29) is 11.8 Å². The lowest BCUT2D eigenvalue weighted by Crippen LogP contribution is -2.22. The van der Waals surface area contributed by atoms with E-state index in [9.17, 15) is 4.79 Å². The molecule has 3 nitrogen and oxygen atoms in total. The Balaban J connectivity index is 1.77. The number of hydrogen-bond acceptors (Lipinski definition) is 2. The molecule has 0 fully saturated rings. The normalized spacial score (nSPS) is 12.0. The maximum atomic E-state index is 13.0. The Morgan fingerprint density at radius 1 is 1.04 bits per heavy atom. The van der Waals surface area contributed by atoms with E-state index >= 15 is 0 Å². The minimum Gasteiger partial charge on any atom is -0.326 e. The van der Waals surface area contributed by atoms with E-state index in [2.05, 4.69) is 46.1 Å². The Kier molecular flexibility index (Phi) is 6.63. The lowest BCUT2D eigenvalue weighted by Gasteiger charge is -2.19. The molecule has 1 aromatic heterocycles. The molecule has 0 aliphatic rings. The summed E-state index contributed by atoms with van der Waals surface area (Å²) in [5.41, 5.74) is 5.06. The standard InChI is InChI=1S/C24H25BrN2O/c1-16(2)13-23(20-5-4-6-21(25)15-20)24(28)27-22-9-7-18(8-10-22)19-11-12-26-17(3)14-19/h4-12,14-16,23H,13H2,1-3H3,(H,27,28)/t23-/m1/s1. The van der Waals surface area contributed by atoms with Gasteiger partial charge >= 0.3 is 0 Å². The van der Waals surface area contributed by atoms with Crippen molar-refractivity contribution in [2.24, 2.45) is 5.92 Å². The Hall–Kier alpha value is -2.46. The van der Waals surface area contributed by atoms with Crippen LogP contribution in [-0.2, 0) is 4.79 Å². The molecular weight excluding hydrogens is 412 g/mol. The van der Waals surface area contributed by atoms with Gasteiger partial charge in [0, 0.05) is 22.1 Å². The van der Waals surface area contributed by atoms with Crippen LogP contribution in [0.25, 0.3) is 11.1 Å². The summed E-state index contributed by atoms with van der Waals surface area (Å²) in [5.74, 6) is 0.270. The molecule has 3 rings (SSSR count). The third-order valence-electron chi connectivity index (χ3n) is 4.66. The molecule has 28 heavy (non-hydrogen) atoms. The molecule has 1 atom stereocenters. The molecule has 0 bridgehead atoms. The van der Waals surface area contributed by atoms with Crippen molar-refractivity contribution in [3.63, 3.8) is 0 Å². The second kappa shape index (κ2) is 9.16. The van der Waals surface area contributed by atoms with Crippen LogP contribution in [0.2, 0.25) is 0 Å². The summed E-state index contributed by atoms with van der Waals surface area (Å²) < 4.78 is 0.989. The Labute approximate surface area is 175 Å². The van der Waals surface area contributed by atoms with Gasteiger partial charge in [-0.05, 0) is 72.4 Å². The highest BCUT2D eigenvalue weighted by atomic mass is 79.9. The van der Waals surface area contributed by atoms with Crippen LogP contribution < -0.4 is 5.32 Å². The van der Waals surface area contributed by atoms with Crippen molar-refractivity contribution in [3.05, 3.63) is 82.6 Å². The first-order valence-electron chi connectivity index (χ1n) is 9.52. The molecule has 1 heterocycles. The van der Waals surface area contributed by atoms with Crippen molar-refractivity contribution in [1.82, 2.24) is 4.98 Å². The van der Waals surface area contributed by atoms with Crippen LogP contribution in [0.4, 0.5) is 5.69 Å². The van der Waals surface area contributed by atoms with Gasteiger partial charge < -0.3 is 5.32 Å². The van der Waals surface area contributed by atoms with Crippen molar-refractivity contribution in [3.8, 4) is 11.1 Å². The average molecular weight is 437 g/mol. The number of nitrogens with one attached hydrogen (secondary N) is 1. The predicted octanol–water partition coefficient (Wildman–Crippen LogP) is 6.59. The smallest absolute Gasteiger partial charge is 0.231 e. The monoisotopic (exact) mass is 436 g/mol. The Morgan fingerprint density at radius 2 is 1.79 bits per heavy atom. The first kappa shape index (κ1) is 20.3. The molecule has 0 radical (unpaired) electrons. The molecule has 1 amide bonds. The second-order valence-corrected chi connectivity index (χ2v) is 8.41. The van der Waals surface area contributed by atoms with Gasteiger partial charge in [-0.2, -0.15) is 0 Å². The van der Waals surface area contributed by atoms with Gasteiger partial charge in [0.15, 0.2) is 0 Å². The van der Waals surface area contributed by atoms with Gasteiger partial charge in [-0.3, -0.25) is 9.78 Å². The third kappa shape index (κ3) is 5.29. The molecule has 0 spiro atoms. The fraction of sp³-hybridized carbons (Fsp3) is 0.250. The molecule has 2 aromatic carbocycles. The van der Waals surface area contributed by atoms with Gasteiger partial charge in [-0.25, -0.2) is 0 Å². The molecular formula is C24H25BrN2O. The lowest BCUT2D eigenvalue weighted by molar-refractivity contribution is -0.117. The zero-order valence-corrected chi connectivity index (χ0v) is 18.0. The summed E-state index contributed by atoms with van der Waals surface area (Å²) in [7, 11) is 0. The number of aromatic nitrogens is 1. The van der Waals surface area contributed by atoms with E-state index in [1.165, 1.54) is 0 Å². The number of rotatable bonds is 6. The number of anilines is 1. The lowest BCUT2D eigenvalue weighted by atomic mass is 9.89. The quantitative estimate of drug-likeness (QED) is 0.473. The van der Waals surface area contributed by atoms with E-state index < -0.39 is 0 Å². The van der Waals surface area contributed by atoms with E-state index in [4.69, 9.17) is 0 Å². The highest BCUT2D eigenvalue weighted by Gasteiger charge is 2.22. The third-order valence-corrected chi connectivity index (χ3v) is 5.15. The van der Waals surface area contributed by atoms with Gasteiger partial charge in [-0.1, -0.05) is 54.0 Å². The molecule has 0 aliphatic carbocycles. The van der Waals surface area contributed by atoms with Gasteiger partial charge in [-0.15, -0.1) is 0 Å². The van der Waals surface area contributed by atoms with Crippen molar-refractivity contribution < 1.29 is 4.79 Å². The minimum absolute atomic E-state index is 0.0271. The van der Waals surface area contributed by atoms with Gasteiger partial charge in [0.1, 0.15) is 0 Å². The van der Waals surface area contributed by atoms with E-state index in [1.807, 2.05) is 67.7 Å². The summed E-state index contributed by atoms with van der Waals surface area (Å²) in [4.78, 5) is 17.3. The molecule has 0 saturated heterocycles. The van der Waals surface area contributed by atoms with E-state index in [0.717, 1.165) is 39.0 Å². The maximum Gasteiger partial charge on any atom is 0.231 e. The van der Waals surface area contributed by atoms with Crippen LogP contribution >= 0.6 is 15.9 Å². The largest absolute Gasteiger partial charge is 0.326 e.